The molecule has 0 aliphatic carbocycles. The summed E-state index contributed by atoms with van der Waals surface area (Å²) < 4.78 is 5.32. The molecular formula is C17H15N3OS. The monoisotopic (exact) mass is 309 g/mol. The number of nitrogens with one attached hydrogen (secondary N) is 2. The summed E-state index contributed by atoms with van der Waals surface area (Å²) in [5, 5.41) is 7.50. The summed E-state index contributed by atoms with van der Waals surface area (Å²) in [6.07, 6.45) is 1.68. The van der Waals surface area contributed by atoms with Crippen molar-refractivity contribution in [3.05, 3.63) is 59.5 Å². The van der Waals surface area contributed by atoms with Gasteiger partial charge in [-0.2, -0.15) is 0 Å². The molecule has 0 fully saturated rings. The number of furan rings is 1. The minimum absolute atomic E-state index is 0.646. The molecule has 3 heterocycles. The number of H-pyrrole nitrogens is 1. The van der Waals surface area contributed by atoms with Gasteiger partial charge in [0.15, 0.2) is 5.13 Å². The van der Waals surface area contributed by atoms with Crippen LogP contribution in [0.25, 0.3) is 22.2 Å². The molecular weight excluding hydrogens is 294 g/mol. The SMILES string of the molecule is Cc1[nH]c2ccccc2c1-c1csc(NCc2ccco2)n1. The van der Waals surface area contributed by atoms with Crippen molar-refractivity contribution < 1.29 is 4.42 Å². The zero-order valence-corrected chi connectivity index (χ0v) is 12.9. The van der Waals surface area contributed by atoms with Gasteiger partial charge in [0, 0.05) is 27.5 Å². The number of hydrogen-bond donors (Lipinski definition) is 2. The number of anilines is 1. The van der Waals surface area contributed by atoms with Gasteiger partial charge in [0.1, 0.15) is 5.76 Å². The second kappa shape index (κ2) is 5.35. The molecule has 0 bridgehead atoms. The van der Waals surface area contributed by atoms with Gasteiger partial charge in [-0.1, -0.05) is 18.2 Å². The number of benzene rings is 1. The van der Waals surface area contributed by atoms with Crippen LogP contribution >= 0.6 is 11.3 Å². The van der Waals surface area contributed by atoms with Gasteiger partial charge in [-0.05, 0) is 25.1 Å². The van der Waals surface area contributed by atoms with Gasteiger partial charge in [-0.3, -0.25) is 0 Å². The standard InChI is InChI=1S/C17H15N3OS/c1-11-16(13-6-2-3-7-14(13)19-11)15-10-22-17(20-15)18-9-12-5-4-8-21-12/h2-8,10,19H,9H2,1H3,(H,18,20). The summed E-state index contributed by atoms with van der Waals surface area (Å²) in [6.45, 7) is 2.73. The predicted octanol–water partition coefficient (Wildman–Crippen LogP) is 4.80. The smallest absolute Gasteiger partial charge is 0.183 e. The lowest BCUT2D eigenvalue weighted by Crippen LogP contribution is -1.97. The van der Waals surface area contributed by atoms with Crippen molar-refractivity contribution in [1.82, 2.24) is 9.97 Å². The fraction of sp³-hybridized carbons (Fsp3) is 0.118. The van der Waals surface area contributed by atoms with Gasteiger partial charge in [-0.25, -0.2) is 4.98 Å². The molecule has 110 valence electrons. The Hall–Kier alpha value is -2.53. The van der Waals surface area contributed by atoms with Crippen molar-refractivity contribution in [2.24, 2.45) is 0 Å². The van der Waals surface area contributed by atoms with E-state index in [4.69, 9.17) is 9.40 Å². The van der Waals surface area contributed by atoms with Gasteiger partial charge in [0.05, 0.1) is 18.5 Å². The zero-order chi connectivity index (χ0) is 14.9. The van der Waals surface area contributed by atoms with E-state index in [1.54, 1.807) is 17.6 Å². The summed E-state index contributed by atoms with van der Waals surface area (Å²) in [6, 6.07) is 12.2. The second-order valence-corrected chi connectivity index (χ2v) is 6.00. The number of para-hydroxylation sites is 1. The van der Waals surface area contributed by atoms with E-state index < -0.39 is 0 Å². The fourth-order valence-corrected chi connectivity index (χ4v) is 3.35. The second-order valence-electron chi connectivity index (χ2n) is 5.14. The molecule has 0 radical (unpaired) electrons. The highest BCUT2D eigenvalue weighted by molar-refractivity contribution is 7.14. The number of hydrogen-bond acceptors (Lipinski definition) is 4. The molecule has 1 aromatic carbocycles. The van der Waals surface area contributed by atoms with Crippen molar-refractivity contribution in [3.63, 3.8) is 0 Å². The van der Waals surface area contributed by atoms with Crippen LogP contribution in [0.2, 0.25) is 0 Å². The van der Waals surface area contributed by atoms with Crippen molar-refractivity contribution in [1.29, 1.82) is 0 Å². The number of aryl methyl sites for hydroxylation is 1. The third-order valence-electron chi connectivity index (χ3n) is 3.65. The first-order valence-electron chi connectivity index (χ1n) is 7.11. The Morgan fingerprint density at radius 3 is 3.00 bits per heavy atom. The zero-order valence-electron chi connectivity index (χ0n) is 12.1. The summed E-state index contributed by atoms with van der Waals surface area (Å²) in [5.41, 5.74) is 4.47. The molecule has 0 aliphatic rings. The fourth-order valence-electron chi connectivity index (χ4n) is 2.65. The van der Waals surface area contributed by atoms with Crippen LogP contribution in [-0.2, 0) is 6.54 Å². The van der Waals surface area contributed by atoms with Crippen LogP contribution < -0.4 is 5.32 Å². The molecule has 4 aromatic rings. The first-order valence-corrected chi connectivity index (χ1v) is 7.98. The summed E-state index contributed by atoms with van der Waals surface area (Å²) in [4.78, 5) is 8.13. The molecule has 0 atom stereocenters. The topological polar surface area (TPSA) is 53.9 Å². The molecule has 3 aromatic heterocycles. The highest BCUT2D eigenvalue weighted by atomic mass is 32.1. The van der Waals surface area contributed by atoms with Crippen LogP contribution in [0.15, 0.2) is 52.5 Å². The maximum atomic E-state index is 5.32. The minimum atomic E-state index is 0.646. The van der Waals surface area contributed by atoms with Crippen molar-refractivity contribution >= 4 is 27.4 Å². The van der Waals surface area contributed by atoms with E-state index in [2.05, 4.69) is 40.8 Å². The Balaban J connectivity index is 1.64. The molecule has 22 heavy (non-hydrogen) atoms. The first-order chi connectivity index (χ1) is 10.8. The van der Waals surface area contributed by atoms with Crippen LogP contribution in [0.3, 0.4) is 0 Å². The van der Waals surface area contributed by atoms with Crippen molar-refractivity contribution in [2.45, 2.75) is 13.5 Å². The lowest BCUT2D eigenvalue weighted by molar-refractivity contribution is 0.518. The van der Waals surface area contributed by atoms with Crippen LogP contribution in [-0.4, -0.2) is 9.97 Å². The quantitative estimate of drug-likeness (QED) is 0.569. The predicted molar refractivity (Wildman–Crippen MR) is 90.2 cm³/mol. The third kappa shape index (κ3) is 2.29. The maximum absolute atomic E-state index is 5.32. The lowest BCUT2D eigenvalue weighted by Gasteiger charge is -1.99. The van der Waals surface area contributed by atoms with Crippen molar-refractivity contribution in [3.8, 4) is 11.3 Å². The Morgan fingerprint density at radius 2 is 2.14 bits per heavy atom. The molecule has 5 heteroatoms. The highest BCUT2D eigenvalue weighted by Gasteiger charge is 2.13. The van der Waals surface area contributed by atoms with Crippen molar-refractivity contribution in [2.75, 3.05) is 5.32 Å². The van der Waals surface area contributed by atoms with E-state index in [0.29, 0.717) is 6.54 Å². The molecule has 2 N–H and O–H groups in total. The van der Waals surface area contributed by atoms with Crippen LogP contribution in [0, 0.1) is 6.92 Å². The number of thiazole rings is 1. The van der Waals surface area contributed by atoms with E-state index in [9.17, 15) is 0 Å². The van der Waals surface area contributed by atoms with Gasteiger partial charge in [-0.15, -0.1) is 11.3 Å². The first kappa shape index (κ1) is 13.2. The van der Waals surface area contributed by atoms with Gasteiger partial charge in [0.2, 0.25) is 0 Å². The highest BCUT2D eigenvalue weighted by Crippen LogP contribution is 2.33. The molecule has 0 amide bonds. The Labute approximate surface area is 131 Å². The number of fused-ring (bicyclic) bond motifs is 1. The number of aromatic nitrogens is 2. The lowest BCUT2D eigenvalue weighted by atomic mass is 10.1. The minimum Gasteiger partial charge on any atom is -0.467 e. The molecule has 0 saturated heterocycles. The average Bonchev–Trinajstić information content (AvgIpc) is 3.24. The van der Waals surface area contributed by atoms with E-state index >= 15 is 0 Å². The van der Waals surface area contributed by atoms with E-state index in [1.165, 1.54) is 10.9 Å². The summed E-state index contributed by atoms with van der Waals surface area (Å²) >= 11 is 1.61. The number of nitrogens with zero attached hydrogens (tertiary/aromatic N) is 1. The largest absolute Gasteiger partial charge is 0.467 e. The van der Waals surface area contributed by atoms with Gasteiger partial charge >= 0.3 is 0 Å². The Kier molecular flexibility index (Phi) is 3.20. The Morgan fingerprint density at radius 1 is 1.23 bits per heavy atom. The average molecular weight is 309 g/mol. The maximum Gasteiger partial charge on any atom is 0.183 e. The molecule has 4 nitrogen and oxygen atoms in total. The molecule has 0 aliphatic heterocycles. The summed E-state index contributed by atoms with van der Waals surface area (Å²) in [7, 11) is 0. The van der Waals surface area contributed by atoms with Gasteiger partial charge in [0.25, 0.3) is 0 Å². The Bertz CT molecular complexity index is 905. The van der Waals surface area contributed by atoms with E-state index in [1.807, 2.05) is 18.2 Å². The van der Waals surface area contributed by atoms with Crippen LogP contribution in [0.5, 0.6) is 0 Å². The van der Waals surface area contributed by atoms with Gasteiger partial charge < -0.3 is 14.7 Å². The molecule has 0 saturated carbocycles. The summed E-state index contributed by atoms with van der Waals surface area (Å²) in [5.74, 6) is 0.903. The third-order valence-corrected chi connectivity index (χ3v) is 4.45. The number of rotatable bonds is 4. The molecule has 4 rings (SSSR count). The van der Waals surface area contributed by atoms with E-state index in [-0.39, 0.29) is 0 Å². The van der Waals surface area contributed by atoms with E-state index in [0.717, 1.165) is 27.8 Å². The normalized spacial score (nSPS) is 11.1. The van der Waals surface area contributed by atoms with Crippen LogP contribution in [0.4, 0.5) is 5.13 Å². The number of aromatic amines is 1. The molecule has 0 unspecified atom stereocenters. The van der Waals surface area contributed by atoms with Crippen LogP contribution in [0.1, 0.15) is 11.5 Å². The molecule has 0 spiro atoms.